The molecule has 5 rings (SSSR count). The van der Waals surface area contributed by atoms with Crippen LogP contribution in [0.1, 0.15) is 22.7 Å². The third-order valence-corrected chi connectivity index (χ3v) is 6.05. The normalized spacial score (nSPS) is 30.7. The van der Waals surface area contributed by atoms with E-state index < -0.39 is 17.9 Å². The molecule has 3 aliphatic heterocycles. The van der Waals surface area contributed by atoms with Crippen molar-refractivity contribution in [3.63, 3.8) is 0 Å². The van der Waals surface area contributed by atoms with Crippen LogP contribution in [0.4, 0.5) is 5.69 Å². The Labute approximate surface area is 157 Å². The number of amides is 2. The lowest BCUT2D eigenvalue weighted by Gasteiger charge is -2.28. The van der Waals surface area contributed by atoms with E-state index in [1.165, 1.54) is 4.90 Å². The number of benzene rings is 2. The van der Waals surface area contributed by atoms with Gasteiger partial charge in [0.1, 0.15) is 23.9 Å². The number of imide groups is 1. The summed E-state index contributed by atoms with van der Waals surface area (Å²) < 4.78 is 0. The second-order valence-corrected chi connectivity index (χ2v) is 7.45. The number of carbonyl (C=O) groups excluding carboxylic acids is 2. The predicted octanol–water partition coefficient (Wildman–Crippen LogP) is 1.62. The van der Waals surface area contributed by atoms with Gasteiger partial charge >= 0.3 is 0 Å². The molecule has 3 aliphatic rings. The number of aryl methyl sites for hydroxylation is 1. The fourth-order valence-electron chi connectivity index (χ4n) is 4.84. The quantitative estimate of drug-likeness (QED) is 0.790. The van der Waals surface area contributed by atoms with Crippen LogP contribution in [0, 0.1) is 30.1 Å². The van der Waals surface area contributed by atoms with Gasteiger partial charge in [0.15, 0.2) is 6.04 Å². The summed E-state index contributed by atoms with van der Waals surface area (Å²) in [6, 6.07) is 16.9. The minimum absolute atomic E-state index is 0.195. The molecule has 2 aromatic carbocycles. The molecule has 2 saturated heterocycles. The number of fused-ring (bicyclic) bond motifs is 5. The average Bonchev–Trinajstić information content (AvgIpc) is 3.15. The topological polar surface area (TPSA) is 65.6 Å². The first kappa shape index (κ1) is 16.0. The summed E-state index contributed by atoms with van der Waals surface area (Å²) in [6.45, 7) is 1.96. The van der Waals surface area contributed by atoms with Crippen LogP contribution in [0.5, 0.6) is 0 Å². The van der Waals surface area contributed by atoms with Gasteiger partial charge in [0.25, 0.3) is 0 Å². The number of hydrogen-bond donors (Lipinski definition) is 1. The molecular weight excluding hydrogens is 338 g/mol. The highest BCUT2D eigenvalue weighted by Crippen LogP contribution is 2.44. The van der Waals surface area contributed by atoms with Gasteiger partial charge in [-0.1, -0.05) is 42.0 Å². The zero-order valence-corrected chi connectivity index (χ0v) is 14.8. The zero-order chi connectivity index (χ0) is 18.7. The molecule has 0 aliphatic carbocycles. The van der Waals surface area contributed by atoms with Crippen LogP contribution < -0.4 is 9.80 Å². The maximum Gasteiger partial charge on any atom is 0.245 e. The van der Waals surface area contributed by atoms with Crippen LogP contribution >= 0.6 is 0 Å². The third kappa shape index (κ3) is 2.08. The van der Waals surface area contributed by atoms with Crippen molar-refractivity contribution in [1.82, 2.24) is 0 Å². The minimum atomic E-state index is -0.611. The Bertz CT molecular complexity index is 1030. The molecule has 132 valence electrons. The molecule has 2 fully saturated rings. The Morgan fingerprint density at radius 3 is 2.44 bits per heavy atom. The van der Waals surface area contributed by atoms with Crippen molar-refractivity contribution in [3.8, 4) is 6.07 Å². The van der Waals surface area contributed by atoms with E-state index in [9.17, 15) is 14.9 Å². The van der Waals surface area contributed by atoms with Crippen molar-refractivity contribution in [3.05, 3.63) is 71.4 Å². The average molecular weight is 356 g/mol. The molecular formula is C22H18N3O2+. The molecule has 1 N–H and O–H groups in total. The molecule has 0 spiro atoms. The highest BCUT2D eigenvalue weighted by Gasteiger charge is 2.66. The van der Waals surface area contributed by atoms with E-state index in [-0.39, 0.29) is 17.9 Å². The first-order valence-corrected chi connectivity index (χ1v) is 9.09. The van der Waals surface area contributed by atoms with Gasteiger partial charge in [0.2, 0.25) is 11.8 Å². The summed E-state index contributed by atoms with van der Waals surface area (Å²) in [7, 11) is 0. The predicted molar refractivity (Wildman–Crippen MR) is 99.2 cm³/mol. The van der Waals surface area contributed by atoms with Gasteiger partial charge in [-0.2, -0.15) is 5.26 Å². The third-order valence-electron chi connectivity index (χ3n) is 6.05. The molecule has 3 heterocycles. The molecule has 5 heteroatoms. The van der Waals surface area contributed by atoms with E-state index in [4.69, 9.17) is 0 Å². The number of nitrogens with one attached hydrogen (secondary N) is 1. The Balaban J connectivity index is 1.63. The largest absolute Gasteiger partial charge is 0.287 e. The number of carbonyl (C=O) groups is 2. The van der Waals surface area contributed by atoms with Crippen LogP contribution in [0.3, 0.4) is 0 Å². The van der Waals surface area contributed by atoms with E-state index in [0.29, 0.717) is 5.69 Å². The van der Waals surface area contributed by atoms with Gasteiger partial charge in [0, 0.05) is 5.56 Å². The molecule has 0 bridgehead atoms. The molecule has 2 amide bonds. The van der Waals surface area contributed by atoms with Crippen LogP contribution in [-0.4, -0.2) is 17.9 Å². The van der Waals surface area contributed by atoms with Gasteiger partial charge in [-0.25, -0.2) is 4.90 Å². The molecule has 0 saturated carbocycles. The van der Waals surface area contributed by atoms with E-state index in [0.717, 1.165) is 21.6 Å². The number of rotatable bonds is 1. The molecule has 27 heavy (non-hydrogen) atoms. The number of hydrogen-bond acceptors (Lipinski definition) is 3. The lowest BCUT2D eigenvalue weighted by molar-refractivity contribution is -0.885. The van der Waals surface area contributed by atoms with Crippen LogP contribution in [0.15, 0.2) is 54.7 Å². The monoisotopic (exact) mass is 356 g/mol. The van der Waals surface area contributed by atoms with E-state index >= 15 is 0 Å². The summed E-state index contributed by atoms with van der Waals surface area (Å²) in [6.07, 6.45) is 3.93. The number of anilines is 1. The van der Waals surface area contributed by atoms with Crippen LogP contribution in [-0.2, 0) is 9.59 Å². The highest BCUT2D eigenvalue weighted by molar-refractivity contribution is 6.22. The van der Waals surface area contributed by atoms with Gasteiger partial charge in [-0.3, -0.25) is 14.5 Å². The maximum atomic E-state index is 13.4. The summed E-state index contributed by atoms with van der Waals surface area (Å²) >= 11 is 0. The Kier molecular flexibility index (Phi) is 3.33. The van der Waals surface area contributed by atoms with Crippen molar-refractivity contribution in [1.29, 1.82) is 5.26 Å². The smallest absolute Gasteiger partial charge is 0.245 e. The van der Waals surface area contributed by atoms with Gasteiger partial charge in [0.05, 0.1) is 11.9 Å². The lowest BCUT2D eigenvalue weighted by Crippen LogP contribution is -3.10. The zero-order valence-electron chi connectivity index (χ0n) is 14.8. The fraction of sp³-hybridized carbons (Fsp3) is 0.227. The summed E-state index contributed by atoms with van der Waals surface area (Å²) in [5.74, 6) is -1.57. The van der Waals surface area contributed by atoms with Crippen LogP contribution in [0.2, 0.25) is 0 Å². The van der Waals surface area contributed by atoms with Gasteiger partial charge < -0.3 is 0 Å². The van der Waals surface area contributed by atoms with E-state index in [2.05, 4.69) is 6.07 Å². The van der Waals surface area contributed by atoms with Crippen molar-refractivity contribution in [2.45, 2.75) is 19.0 Å². The molecule has 1 unspecified atom stereocenters. The van der Waals surface area contributed by atoms with Crippen LogP contribution in [0.25, 0.3) is 6.08 Å². The molecule has 0 radical (unpaired) electrons. The van der Waals surface area contributed by atoms with Crippen molar-refractivity contribution < 1.29 is 14.5 Å². The molecule has 5 nitrogen and oxygen atoms in total. The molecule has 5 atom stereocenters. The number of nitrogens with zero attached hydrogens (tertiary/aromatic N) is 2. The molecule has 2 aromatic rings. The summed E-state index contributed by atoms with van der Waals surface area (Å²) in [5, 5.41) is 9.81. The Morgan fingerprint density at radius 2 is 1.70 bits per heavy atom. The van der Waals surface area contributed by atoms with E-state index in [1.54, 1.807) is 12.1 Å². The Morgan fingerprint density at radius 1 is 1.00 bits per heavy atom. The SMILES string of the molecule is Cc1ccc(N2C(=O)[C@@H]3[C@H](C2=O)[C@@H]2c4ccccc4C=C[NH+]2[C@@H]3C#N)cc1. The Hall–Kier alpha value is -3.23. The number of nitriles is 1. The van der Waals surface area contributed by atoms with Gasteiger partial charge in [-0.15, -0.1) is 0 Å². The highest BCUT2D eigenvalue weighted by atomic mass is 16.2. The first-order valence-electron chi connectivity index (χ1n) is 9.09. The van der Waals surface area contributed by atoms with Gasteiger partial charge in [-0.05, 0) is 30.7 Å². The molecule has 0 aromatic heterocycles. The summed E-state index contributed by atoms with van der Waals surface area (Å²) in [5.41, 5.74) is 3.74. The van der Waals surface area contributed by atoms with Crippen molar-refractivity contribution in [2.75, 3.05) is 4.90 Å². The second-order valence-electron chi connectivity index (χ2n) is 7.45. The van der Waals surface area contributed by atoms with E-state index in [1.807, 2.05) is 55.6 Å². The van der Waals surface area contributed by atoms with Crippen molar-refractivity contribution in [2.24, 2.45) is 11.8 Å². The maximum absolute atomic E-state index is 13.4. The second kappa shape index (κ2) is 5.63. The summed E-state index contributed by atoms with van der Waals surface area (Å²) in [4.78, 5) is 28.8. The minimum Gasteiger partial charge on any atom is -0.287 e. The first-order chi connectivity index (χ1) is 13.1. The number of quaternary nitrogens is 1. The fourth-order valence-corrected chi connectivity index (χ4v) is 4.84. The standard InChI is InChI=1S/C22H17N3O2/c1-13-6-8-15(9-7-13)25-21(26)18-17(12-23)24-11-10-14-4-2-3-5-16(14)20(24)19(18)22(25)27/h2-11,17-20H,1H3/p+1/t17-,18+,19+,20+/m1/s1. The lowest BCUT2D eigenvalue weighted by atomic mass is 9.85. The van der Waals surface area contributed by atoms with Crippen molar-refractivity contribution >= 4 is 23.6 Å².